The van der Waals surface area contributed by atoms with E-state index in [2.05, 4.69) is 35.2 Å². The minimum Gasteiger partial charge on any atom is -0.387 e. The molecule has 1 unspecified atom stereocenters. The zero-order chi connectivity index (χ0) is 20.8. The normalized spacial score (nSPS) is 12.4. The maximum atomic E-state index is 12.3. The van der Waals surface area contributed by atoms with Crippen LogP contribution in [0.5, 0.6) is 0 Å². The first-order chi connectivity index (χ1) is 14.0. The Morgan fingerprint density at radius 2 is 1.83 bits per heavy atom. The monoisotopic (exact) mass is 391 g/mol. The molecule has 0 aromatic carbocycles. The molecule has 3 rings (SSSR count). The molecule has 1 amide bonds. The first-order valence-electron chi connectivity index (χ1n) is 8.96. The van der Waals surface area contributed by atoms with E-state index in [1.165, 1.54) is 12.4 Å². The fourth-order valence-electron chi connectivity index (χ4n) is 2.46. The molecule has 0 saturated heterocycles. The Labute approximate surface area is 167 Å². The van der Waals surface area contributed by atoms with Gasteiger partial charge in [0, 0.05) is 36.6 Å². The highest BCUT2D eigenvalue weighted by molar-refractivity contribution is 6.03. The maximum Gasteiger partial charge on any atom is 0.298 e. The summed E-state index contributed by atoms with van der Waals surface area (Å²) in [6, 6.07) is 3.68. The van der Waals surface area contributed by atoms with Gasteiger partial charge in [-0.3, -0.25) is 9.78 Å². The number of nitrogens with one attached hydrogen (secondary N) is 1. The quantitative estimate of drug-likeness (QED) is 0.419. The molecule has 5 N–H and O–H groups in total. The predicted molar refractivity (Wildman–Crippen MR) is 110 cm³/mol. The van der Waals surface area contributed by atoms with Crippen molar-refractivity contribution < 1.29 is 4.79 Å². The van der Waals surface area contributed by atoms with Gasteiger partial charge in [-0.05, 0) is 18.6 Å². The third kappa shape index (κ3) is 4.86. The Morgan fingerprint density at radius 3 is 2.41 bits per heavy atom. The minimum atomic E-state index is -0.548. The summed E-state index contributed by atoms with van der Waals surface area (Å²) in [5, 5.41) is 3.01. The molecule has 1 atom stereocenters. The summed E-state index contributed by atoms with van der Waals surface area (Å²) in [7, 11) is 0. The number of aromatic nitrogens is 5. The lowest BCUT2D eigenvalue weighted by Gasteiger charge is -2.11. The average molecular weight is 391 g/mol. The van der Waals surface area contributed by atoms with Crippen molar-refractivity contribution in [2.24, 2.45) is 10.7 Å². The molecule has 3 heterocycles. The van der Waals surface area contributed by atoms with E-state index in [1.54, 1.807) is 18.6 Å². The number of amides is 1. The Bertz CT molecular complexity index is 999. The summed E-state index contributed by atoms with van der Waals surface area (Å²) in [5.74, 6) is 0.101. The molecule has 0 aliphatic carbocycles. The molecule has 0 saturated carbocycles. The van der Waals surface area contributed by atoms with E-state index in [-0.39, 0.29) is 23.4 Å². The molecular weight excluding hydrogens is 370 g/mol. The number of pyridine rings is 1. The lowest BCUT2D eigenvalue weighted by molar-refractivity contribution is 0.0997. The molecule has 3 aromatic rings. The van der Waals surface area contributed by atoms with Crippen molar-refractivity contribution in [1.82, 2.24) is 24.9 Å². The van der Waals surface area contributed by atoms with Gasteiger partial charge in [-0.1, -0.05) is 13.0 Å². The standard InChI is InChI=1S/C19H21N9O/c1-3-22-16-10-24-15(9-25-16)18(29)28-17(20)11(2)12-4-5-14(23-6-12)13-7-26-19(21)27-8-13/h4-11H,3H2,1-2H3,(H,22,25)(H2,20,28,29)(H2,21,26,27). The number of amidine groups is 1. The van der Waals surface area contributed by atoms with Gasteiger partial charge in [0.15, 0.2) is 0 Å². The van der Waals surface area contributed by atoms with Gasteiger partial charge in [-0.2, -0.15) is 4.99 Å². The third-order valence-corrected chi connectivity index (χ3v) is 4.16. The van der Waals surface area contributed by atoms with Gasteiger partial charge in [0.05, 0.1) is 18.1 Å². The van der Waals surface area contributed by atoms with Crippen LogP contribution >= 0.6 is 0 Å². The third-order valence-electron chi connectivity index (χ3n) is 4.16. The van der Waals surface area contributed by atoms with Crippen LogP contribution in [0.2, 0.25) is 0 Å². The molecule has 10 nitrogen and oxygen atoms in total. The van der Waals surface area contributed by atoms with Gasteiger partial charge in [0.25, 0.3) is 5.91 Å². The number of hydrogen-bond donors (Lipinski definition) is 3. The lowest BCUT2D eigenvalue weighted by atomic mass is 10.0. The van der Waals surface area contributed by atoms with Gasteiger partial charge >= 0.3 is 0 Å². The van der Waals surface area contributed by atoms with Crippen LogP contribution in [0.3, 0.4) is 0 Å². The predicted octanol–water partition coefficient (Wildman–Crippen LogP) is 1.64. The van der Waals surface area contributed by atoms with Crippen LogP contribution in [0.25, 0.3) is 11.3 Å². The summed E-state index contributed by atoms with van der Waals surface area (Å²) in [5.41, 5.74) is 13.9. The van der Waals surface area contributed by atoms with E-state index >= 15 is 0 Å². The molecule has 29 heavy (non-hydrogen) atoms. The van der Waals surface area contributed by atoms with Gasteiger partial charge in [0.2, 0.25) is 5.95 Å². The number of rotatable bonds is 6. The molecule has 10 heteroatoms. The fourth-order valence-corrected chi connectivity index (χ4v) is 2.46. The van der Waals surface area contributed by atoms with Crippen LogP contribution in [0.1, 0.15) is 35.8 Å². The summed E-state index contributed by atoms with van der Waals surface area (Å²) >= 11 is 0. The van der Waals surface area contributed by atoms with Crippen molar-refractivity contribution in [3.63, 3.8) is 0 Å². The van der Waals surface area contributed by atoms with Crippen LogP contribution in [0.15, 0.2) is 48.1 Å². The van der Waals surface area contributed by atoms with E-state index in [9.17, 15) is 4.79 Å². The van der Waals surface area contributed by atoms with Crippen LogP contribution < -0.4 is 16.8 Å². The molecule has 0 bridgehead atoms. The van der Waals surface area contributed by atoms with E-state index in [4.69, 9.17) is 11.5 Å². The second-order valence-electron chi connectivity index (χ2n) is 6.19. The van der Waals surface area contributed by atoms with Gasteiger partial charge in [-0.25, -0.2) is 19.9 Å². The van der Waals surface area contributed by atoms with Crippen molar-refractivity contribution in [2.45, 2.75) is 19.8 Å². The summed E-state index contributed by atoms with van der Waals surface area (Å²) < 4.78 is 0. The van der Waals surface area contributed by atoms with E-state index in [0.717, 1.165) is 11.1 Å². The summed E-state index contributed by atoms with van der Waals surface area (Å²) in [6.07, 6.45) is 7.73. The molecule has 0 spiro atoms. The number of hydrogen-bond acceptors (Lipinski definition) is 8. The highest BCUT2D eigenvalue weighted by Gasteiger charge is 2.15. The van der Waals surface area contributed by atoms with E-state index in [0.29, 0.717) is 18.1 Å². The van der Waals surface area contributed by atoms with Crippen molar-refractivity contribution in [1.29, 1.82) is 0 Å². The molecule has 0 aliphatic rings. The Morgan fingerprint density at radius 1 is 1.07 bits per heavy atom. The van der Waals surface area contributed by atoms with Gasteiger partial charge in [0.1, 0.15) is 17.3 Å². The molecule has 3 aromatic heterocycles. The maximum absolute atomic E-state index is 12.3. The number of anilines is 2. The average Bonchev–Trinajstić information content (AvgIpc) is 2.74. The van der Waals surface area contributed by atoms with E-state index < -0.39 is 5.91 Å². The molecule has 0 fully saturated rings. The lowest BCUT2D eigenvalue weighted by Crippen LogP contribution is -2.22. The molecule has 148 valence electrons. The first-order valence-corrected chi connectivity index (χ1v) is 8.96. The largest absolute Gasteiger partial charge is 0.387 e. The fraction of sp³-hybridized carbons (Fsp3) is 0.211. The van der Waals surface area contributed by atoms with Crippen molar-refractivity contribution in [3.8, 4) is 11.3 Å². The minimum absolute atomic E-state index is 0.124. The molecule has 0 radical (unpaired) electrons. The van der Waals surface area contributed by atoms with Crippen molar-refractivity contribution in [2.75, 3.05) is 17.6 Å². The number of nitrogens with zero attached hydrogens (tertiary/aromatic N) is 6. The Balaban J connectivity index is 1.72. The highest BCUT2D eigenvalue weighted by Crippen LogP contribution is 2.20. The Hall–Kier alpha value is -3.95. The van der Waals surface area contributed by atoms with Crippen LogP contribution in [-0.2, 0) is 0 Å². The molecule has 0 aliphatic heterocycles. The number of nitrogen functional groups attached to an aromatic ring is 1. The number of aliphatic imine (C=N–C) groups is 1. The van der Waals surface area contributed by atoms with Crippen molar-refractivity contribution >= 4 is 23.5 Å². The van der Waals surface area contributed by atoms with Crippen LogP contribution in [0.4, 0.5) is 11.8 Å². The molecular formula is C19H21N9O. The SMILES string of the molecule is CCNc1cnc(C(=O)N=C(N)C(C)c2ccc(-c3cnc(N)nc3)nc2)cn1. The van der Waals surface area contributed by atoms with E-state index in [1.807, 2.05) is 26.0 Å². The Kier molecular flexibility index (Phi) is 6.03. The summed E-state index contributed by atoms with van der Waals surface area (Å²) in [6.45, 7) is 4.50. The zero-order valence-corrected chi connectivity index (χ0v) is 16.1. The number of nitrogens with two attached hydrogens (primary N) is 2. The van der Waals surface area contributed by atoms with Gasteiger partial charge < -0.3 is 16.8 Å². The van der Waals surface area contributed by atoms with Crippen molar-refractivity contribution in [3.05, 3.63) is 54.4 Å². The number of carbonyl (C=O) groups is 1. The van der Waals surface area contributed by atoms with Crippen LogP contribution in [-0.4, -0.2) is 43.2 Å². The smallest absolute Gasteiger partial charge is 0.298 e. The number of carbonyl (C=O) groups excluding carboxylic acids is 1. The van der Waals surface area contributed by atoms with Crippen LogP contribution in [0, 0.1) is 0 Å². The van der Waals surface area contributed by atoms with Gasteiger partial charge in [-0.15, -0.1) is 0 Å². The zero-order valence-electron chi connectivity index (χ0n) is 16.1. The second-order valence-corrected chi connectivity index (χ2v) is 6.19. The topological polar surface area (TPSA) is 158 Å². The summed E-state index contributed by atoms with van der Waals surface area (Å²) in [4.78, 5) is 36.7. The first kappa shape index (κ1) is 19.8. The second kappa shape index (κ2) is 8.83. The highest BCUT2D eigenvalue weighted by atomic mass is 16.1.